The summed E-state index contributed by atoms with van der Waals surface area (Å²) >= 11 is 3.47. The largest absolute Gasteiger partial charge is 0.308 e. The van der Waals surface area contributed by atoms with Gasteiger partial charge < -0.3 is 5.32 Å². The van der Waals surface area contributed by atoms with Gasteiger partial charge in [-0.2, -0.15) is 0 Å². The van der Waals surface area contributed by atoms with Crippen molar-refractivity contribution in [2.75, 3.05) is 0 Å². The molecule has 5 heteroatoms. The molecular weight excluding hydrogens is 238 g/mol. The SMILES string of the molecule is Cc1nnc(CNC(C)Cc2cccs2)s1. The molecule has 0 fully saturated rings. The van der Waals surface area contributed by atoms with E-state index in [2.05, 4.69) is 40.0 Å². The van der Waals surface area contributed by atoms with E-state index in [0.717, 1.165) is 23.0 Å². The smallest absolute Gasteiger partial charge is 0.131 e. The van der Waals surface area contributed by atoms with Gasteiger partial charge in [0.15, 0.2) is 0 Å². The average Bonchev–Trinajstić information content (AvgIpc) is 2.87. The Hall–Kier alpha value is -0.780. The summed E-state index contributed by atoms with van der Waals surface area (Å²) in [6.07, 6.45) is 1.08. The fourth-order valence-corrected chi connectivity index (χ4v) is 2.97. The Morgan fingerprint density at radius 3 is 2.94 bits per heavy atom. The topological polar surface area (TPSA) is 37.8 Å². The zero-order valence-corrected chi connectivity index (χ0v) is 11.1. The molecule has 86 valence electrons. The van der Waals surface area contributed by atoms with Crippen LogP contribution in [0.15, 0.2) is 17.5 Å². The first kappa shape index (κ1) is 11.7. The van der Waals surface area contributed by atoms with E-state index in [1.165, 1.54) is 4.88 Å². The van der Waals surface area contributed by atoms with Crippen LogP contribution in [0.4, 0.5) is 0 Å². The van der Waals surface area contributed by atoms with Gasteiger partial charge in [-0.3, -0.25) is 0 Å². The molecule has 0 radical (unpaired) electrons. The lowest BCUT2D eigenvalue weighted by molar-refractivity contribution is 0.545. The lowest BCUT2D eigenvalue weighted by Gasteiger charge is -2.10. The Bertz CT molecular complexity index is 422. The van der Waals surface area contributed by atoms with Gasteiger partial charge in [0.1, 0.15) is 10.0 Å². The second-order valence-electron chi connectivity index (χ2n) is 3.78. The van der Waals surface area contributed by atoms with Gasteiger partial charge in [0.05, 0.1) is 0 Å². The van der Waals surface area contributed by atoms with Crippen molar-refractivity contribution in [3.05, 3.63) is 32.4 Å². The summed E-state index contributed by atoms with van der Waals surface area (Å²) in [5, 5.41) is 15.8. The fourth-order valence-electron chi connectivity index (χ4n) is 1.47. The summed E-state index contributed by atoms with van der Waals surface area (Å²) in [4.78, 5) is 1.42. The van der Waals surface area contributed by atoms with E-state index in [0.29, 0.717) is 6.04 Å². The van der Waals surface area contributed by atoms with Crippen LogP contribution in [0.1, 0.15) is 21.8 Å². The average molecular weight is 253 g/mol. The number of hydrogen-bond acceptors (Lipinski definition) is 5. The molecular formula is C11H15N3S2. The second-order valence-corrected chi connectivity index (χ2v) is 6.08. The summed E-state index contributed by atoms with van der Waals surface area (Å²) in [7, 11) is 0. The molecule has 2 rings (SSSR count). The highest BCUT2D eigenvalue weighted by Gasteiger charge is 2.06. The molecule has 2 heterocycles. The Kier molecular flexibility index (Phi) is 4.04. The van der Waals surface area contributed by atoms with Gasteiger partial charge in [-0.05, 0) is 31.7 Å². The van der Waals surface area contributed by atoms with Crippen LogP contribution in [0.5, 0.6) is 0 Å². The molecule has 0 bridgehead atoms. The van der Waals surface area contributed by atoms with E-state index in [1.807, 2.05) is 18.3 Å². The minimum atomic E-state index is 0.475. The molecule has 0 aliphatic carbocycles. The van der Waals surface area contributed by atoms with Gasteiger partial charge in [0, 0.05) is 17.5 Å². The summed E-state index contributed by atoms with van der Waals surface area (Å²) in [6.45, 7) is 5.00. The molecule has 0 saturated carbocycles. The maximum Gasteiger partial charge on any atom is 0.131 e. The predicted molar refractivity (Wildman–Crippen MR) is 69.0 cm³/mol. The zero-order valence-electron chi connectivity index (χ0n) is 9.43. The van der Waals surface area contributed by atoms with Crippen LogP contribution in [0.2, 0.25) is 0 Å². The molecule has 0 aromatic carbocycles. The van der Waals surface area contributed by atoms with Crippen LogP contribution in [0, 0.1) is 6.92 Å². The Balaban J connectivity index is 1.77. The molecule has 2 aromatic heterocycles. The van der Waals surface area contributed by atoms with E-state index < -0.39 is 0 Å². The first-order valence-electron chi connectivity index (χ1n) is 5.29. The van der Waals surface area contributed by atoms with Crippen LogP contribution >= 0.6 is 22.7 Å². The van der Waals surface area contributed by atoms with Crippen LogP contribution in [-0.2, 0) is 13.0 Å². The van der Waals surface area contributed by atoms with Crippen molar-refractivity contribution >= 4 is 22.7 Å². The number of rotatable bonds is 5. The minimum absolute atomic E-state index is 0.475. The Morgan fingerprint density at radius 2 is 2.31 bits per heavy atom. The van der Waals surface area contributed by atoms with Crippen molar-refractivity contribution in [3.8, 4) is 0 Å². The van der Waals surface area contributed by atoms with Crippen LogP contribution < -0.4 is 5.32 Å². The molecule has 3 nitrogen and oxygen atoms in total. The number of nitrogens with one attached hydrogen (secondary N) is 1. The van der Waals surface area contributed by atoms with Crippen molar-refractivity contribution in [2.24, 2.45) is 0 Å². The van der Waals surface area contributed by atoms with Gasteiger partial charge >= 0.3 is 0 Å². The van der Waals surface area contributed by atoms with Crippen LogP contribution in [0.25, 0.3) is 0 Å². The summed E-state index contributed by atoms with van der Waals surface area (Å²) in [6, 6.07) is 4.75. The fraction of sp³-hybridized carbons (Fsp3) is 0.455. The molecule has 0 aliphatic heterocycles. The molecule has 16 heavy (non-hydrogen) atoms. The van der Waals surface area contributed by atoms with Crippen molar-refractivity contribution in [3.63, 3.8) is 0 Å². The van der Waals surface area contributed by atoms with Gasteiger partial charge in [0.2, 0.25) is 0 Å². The van der Waals surface area contributed by atoms with Gasteiger partial charge in [-0.1, -0.05) is 6.07 Å². The van der Waals surface area contributed by atoms with E-state index in [1.54, 1.807) is 11.3 Å². The van der Waals surface area contributed by atoms with Gasteiger partial charge in [-0.25, -0.2) is 0 Å². The summed E-state index contributed by atoms with van der Waals surface area (Å²) in [5.41, 5.74) is 0. The quantitative estimate of drug-likeness (QED) is 0.890. The van der Waals surface area contributed by atoms with Crippen molar-refractivity contribution < 1.29 is 0 Å². The van der Waals surface area contributed by atoms with Crippen molar-refractivity contribution in [1.82, 2.24) is 15.5 Å². The third kappa shape index (κ3) is 3.37. The van der Waals surface area contributed by atoms with Crippen LogP contribution in [-0.4, -0.2) is 16.2 Å². The maximum atomic E-state index is 4.09. The molecule has 0 aliphatic rings. The Morgan fingerprint density at radius 1 is 1.44 bits per heavy atom. The molecule has 0 spiro atoms. The Labute approximate surface area is 104 Å². The first-order valence-corrected chi connectivity index (χ1v) is 6.98. The molecule has 1 unspecified atom stereocenters. The number of thiophene rings is 1. The third-order valence-corrected chi connectivity index (χ3v) is 3.99. The predicted octanol–water partition coefficient (Wildman–Crippen LogP) is 2.63. The lowest BCUT2D eigenvalue weighted by atomic mass is 10.2. The van der Waals surface area contributed by atoms with Crippen LogP contribution in [0.3, 0.4) is 0 Å². The monoisotopic (exact) mass is 253 g/mol. The molecule has 0 saturated heterocycles. The standard InChI is InChI=1S/C11H15N3S2/c1-8(6-10-4-3-5-15-10)12-7-11-14-13-9(2)16-11/h3-5,8,12H,6-7H2,1-2H3. The van der Waals surface area contributed by atoms with Gasteiger partial charge in [-0.15, -0.1) is 32.9 Å². The third-order valence-electron chi connectivity index (χ3n) is 2.26. The highest BCUT2D eigenvalue weighted by Crippen LogP contribution is 2.12. The summed E-state index contributed by atoms with van der Waals surface area (Å²) < 4.78 is 0. The highest BCUT2D eigenvalue weighted by molar-refractivity contribution is 7.11. The number of aromatic nitrogens is 2. The van der Waals surface area contributed by atoms with E-state index >= 15 is 0 Å². The van der Waals surface area contributed by atoms with E-state index in [9.17, 15) is 0 Å². The van der Waals surface area contributed by atoms with Crippen molar-refractivity contribution in [2.45, 2.75) is 32.9 Å². The molecule has 1 atom stereocenters. The minimum Gasteiger partial charge on any atom is -0.308 e. The zero-order chi connectivity index (χ0) is 11.4. The number of aryl methyl sites for hydroxylation is 1. The van der Waals surface area contributed by atoms with E-state index in [4.69, 9.17) is 0 Å². The molecule has 2 aromatic rings. The summed E-state index contributed by atoms with van der Waals surface area (Å²) in [5.74, 6) is 0. The van der Waals surface area contributed by atoms with E-state index in [-0.39, 0.29) is 0 Å². The highest BCUT2D eigenvalue weighted by atomic mass is 32.1. The maximum absolute atomic E-state index is 4.09. The second kappa shape index (κ2) is 5.52. The molecule has 1 N–H and O–H groups in total. The normalized spacial score (nSPS) is 12.9. The lowest BCUT2D eigenvalue weighted by Crippen LogP contribution is -2.27. The first-order chi connectivity index (χ1) is 7.74. The van der Waals surface area contributed by atoms with Gasteiger partial charge in [0.25, 0.3) is 0 Å². The number of nitrogens with zero attached hydrogens (tertiary/aromatic N) is 2. The molecule has 0 amide bonds. The van der Waals surface area contributed by atoms with Crippen molar-refractivity contribution in [1.29, 1.82) is 0 Å². The number of hydrogen-bond donors (Lipinski definition) is 1.